The fraction of sp³-hybridized carbons (Fsp3) is 0. The van der Waals surface area contributed by atoms with Crippen LogP contribution in [0.1, 0.15) is 16.1 Å². The van der Waals surface area contributed by atoms with Gasteiger partial charge in [-0.3, -0.25) is 4.79 Å². The van der Waals surface area contributed by atoms with Gasteiger partial charge in [0.15, 0.2) is 11.0 Å². The molecule has 0 aliphatic heterocycles. The van der Waals surface area contributed by atoms with Crippen LogP contribution in [-0.4, -0.2) is 5.91 Å². The summed E-state index contributed by atoms with van der Waals surface area (Å²) in [5, 5.41) is 11.3. The van der Waals surface area contributed by atoms with E-state index in [9.17, 15) is 9.18 Å². The van der Waals surface area contributed by atoms with Crippen LogP contribution in [-0.2, 0) is 0 Å². The Labute approximate surface area is 107 Å². The molecule has 18 heavy (non-hydrogen) atoms. The van der Waals surface area contributed by atoms with Crippen LogP contribution < -0.4 is 5.32 Å². The van der Waals surface area contributed by atoms with Crippen molar-refractivity contribution < 1.29 is 13.6 Å². The number of hydrogen-bond acceptors (Lipinski definition) is 3. The molecule has 2 rings (SSSR count). The molecule has 0 saturated heterocycles. The van der Waals surface area contributed by atoms with Crippen LogP contribution in [0.4, 0.5) is 10.1 Å². The summed E-state index contributed by atoms with van der Waals surface area (Å²) in [7, 11) is 0. The Hall–Kier alpha value is -2.32. The topological polar surface area (TPSA) is 66.0 Å². The SMILES string of the molecule is N#Cc1cc(F)ccc1NC(=O)c1ccc(Cl)o1. The summed E-state index contributed by atoms with van der Waals surface area (Å²) in [5.74, 6) is -1.11. The average Bonchev–Trinajstić information content (AvgIpc) is 2.78. The predicted octanol–water partition coefficient (Wildman–Crippen LogP) is 3.20. The lowest BCUT2D eigenvalue weighted by atomic mass is 10.2. The summed E-state index contributed by atoms with van der Waals surface area (Å²) < 4.78 is 17.8. The molecule has 0 aliphatic carbocycles. The van der Waals surface area contributed by atoms with Crippen molar-refractivity contribution in [1.82, 2.24) is 0 Å². The highest BCUT2D eigenvalue weighted by molar-refractivity contribution is 6.29. The first-order chi connectivity index (χ1) is 8.60. The van der Waals surface area contributed by atoms with Crippen LogP contribution in [0.15, 0.2) is 34.7 Å². The average molecular weight is 265 g/mol. The number of nitriles is 1. The lowest BCUT2D eigenvalue weighted by molar-refractivity contribution is 0.0996. The minimum absolute atomic E-state index is 0.00761. The van der Waals surface area contributed by atoms with Crippen molar-refractivity contribution in [1.29, 1.82) is 5.26 Å². The first kappa shape index (κ1) is 12.1. The lowest BCUT2D eigenvalue weighted by Crippen LogP contribution is -2.12. The Morgan fingerprint density at radius 3 is 2.78 bits per heavy atom. The van der Waals surface area contributed by atoms with Gasteiger partial charge >= 0.3 is 0 Å². The van der Waals surface area contributed by atoms with E-state index in [0.29, 0.717) is 0 Å². The standard InChI is InChI=1S/C12H6ClFN2O2/c13-11-4-3-10(18-11)12(17)16-9-2-1-8(14)5-7(9)6-15/h1-5H,(H,16,17). The number of furan rings is 1. The largest absolute Gasteiger partial charge is 0.440 e. The number of carbonyl (C=O) groups excluding carboxylic acids is 1. The van der Waals surface area contributed by atoms with Gasteiger partial charge in [0.25, 0.3) is 5.91 Å². The number of rotatable bonds is 2. The molecule has 1 amide bonds. The van der Waals surface area contributed by atoms with E-state index in [0.717, 1.165) is 12.1 Å². The molecule has 1 N–H and O–H groups in total. The number of nitrogens with one attached hydrogen (secondary N) is 1. The highest BCUT2D eigenvalue weighted by atomic mass is 35.5. The number of benzene rings is 1. The molecule has 0 fully saturated rings. The third-order valence-electron chi connectivity index (χ3n) is 2.15. The summed E-state index contributed by atoms with van der Waals surface area (Å²) >= 11 is 5.54. The van der Waals surface area contributed by atoms with Gasteiger partial charge in [-0.25, -0.2) is 4.39 Å². The van der Waals surface area contributed by atoms with Crippen molar-refractivity contribution in [3.63, 3.8) is 0 Å². The molecule has 0 atom stereocenters. The Kier molecular flexibility index (Phi) is 3.31. The molecule has 1 aromatic carbocycles. The van der Waals surface area contributed by atoms with E-state index in [2.05, 4.69) is 5.32 Å². The molecule has 0 bridgehead atoms. The maximum absolute atomic E-state index is 12.9. The number of halogens is 2. The van der Waals surface area contributed by atoms with E-state index >= 15 is 0 Å². The van der Waals surface area contributed by atoms with Gasteiger partial charge in [0.1, 0.15) is 11.9 Å². The molecule has 0 aliphatic rings. The zero-order valence-corrected chi connectivity index (χ0v) is 9.66. The fourth-order valence-corrected chi connectivity index (χ4v) is 1.48. The normalized spacial score (nSPS) is 9.83. The van der Waals surface area contributed by atoms with Crippen molar-refractivity contribution in [2.75, 3.05) is 5.32 Å². The van der Waals surface area contributed by atoms with Gasteiger partial charge in [-0.15, -0.1) is 0 Å². The Bertz CT molecular complexity index is 646. The van der Waals surface area contributed by atoms with E-state index in [-0.39, 0.29) is 22.2 Å². The molecule has 6 heteroatoms. The molecular formula is C12H6ClFN2O2. The van der Waals surface area contributed by atoms with Gasteiger partial charge < -0.3 is 9.73 Å². The van der Waals surface area contributed by atoms with Crippen molar-refractivity contribution in [3.8, 4) is 6.07 Å². The van der Waals surface area contributed by atoms with Crippen LogP contribution in [0.2, 0.25) is 5.22 Å². The minimum Gasteiger partial charge on any atom is -0.440 e. The highest BCUT2D eigenvalue weighted by Gasteiger charge is 2.13. The summed E-state index contributed by atoms with van der Waals surface area (Å²) in [6, 6.07) is 8.08. The fourth-order valence-electron chi connectivity index (χ4n) is 1.34. The van der Waals surface area contributed by atoms with Crippen molar-refractivity contribution in [2.45, 2.75) is 0 Å². The van der Waals surface area contributed by atoms with Gasteiger partial charge in [-0.1, -0.05) is 0 Å². The van der Waals surface area contributed by atoms with Crippen LogP contribution in [0.25, 0.3) is 0 Å². The van der Waals surface area contributed by atoms with Crippen molar-refractivity contribution in [2.24, 2.45) is 0 Å². The van der Waals surface area contributed by atoms with Crippen LogP contribution >= 0.6 is 11.6 Å². The van der Waals surface area contributed by atoms with Gasteiger partial charge in [0, 0.05) is 0 Å². The van der Waals surface area contributed by atoms with Crippen LogP contribution in [0.3, 0.4) is 0 Å². The van der Waals surface area contributed by atoms with E-state index < -0.39 is 11.7 Å². The number of hydrogen-bond donors (Lipinski definition) is 1. The molecule has 0 spiro atoms. The summed E-state index contributed by atoms with van der Waals surface area (Å²) in [6.07, 6.45) is 0. The highest BCUT2D eigenvalue weighted by Crippen LogP contribution is 2.19. The zero-order chi connectivity index (χ0) is 13.1. The summed E-state index contributed by atoms with van der Waals surface area (Å²) in [6.45, 7) is 0. The minimum atomic E-state index is -0.565. The molecule has 0 radical (unpaired) electrons. The Balaban J connectivity index is 2.25. The van der Waals surface area contributed by atoms with E-state index in [4.69, 9.17) is 21.3 Å². The maximum atomic E-state index is 12.9. The number of carbonyl (C=O) groups is 1. The van der Waals surface area contributed by atoms with Crippen LogP contribution in [0.5, 0.6) is 0 Å². The third kappa shape index (κ3) is 2.50. The Morgan fingerprint density at radius 2 is 2.17 bits per heavy atom. The zero-order valence-electron chi connectivity index (χ0n) is 8.91. The lowest BCUT2D eigenvalue weighted by Gasteiger charge is -2.04. The first-order valence-corrected chi connectivity index (χ1v) is 5.24. The van der Waals surface area contributed by atoms with Crippen molar-refractivity contribution >= 4 is 23.2 Å². The number of nitrogens with zero attached hydrogens (tertiary/aromatic N) is 1. The third-order valence-corrected chi connectivity index (χ3v) is 2.35. The van der Waals surface area contributed by atoms with E-state index in [1.807, 2.05) is 0 Å². The quantitative estimate of drug-likeness (QED) is 0.906. The second-order valence-corrected chi connectivity index (χ2v) is 3.73. The molecule has 1 aromatic heterocycles. The van der Waals surface area contributed by atoms with Crippen molar-refractivity contribution in [3.05, 3.63) is 52.7 Å². The van der Waals surface area contributed by atoms with E-state index in [1.54, 1.807) is 6.07 Å². The molecule has 0 unspecified atom stereocenters. The molecule has 90 valence electrons. The van der Waals surface area contributed by atoms with Gasteiger partial charge in [-0.2, -0.15) is 5.26 Å². The molecule has 1 heterocycles. The van der Waals surface area contributed by atoms with Gasteiger partial charge in [-0.05, 0) is 41.9 Å². The molecule has 0 saturated carbocycles. The monoisotopic (exact) mass is 264 g/mol. The first-order valence-electron chi connectivity index (χ1n) is 4.86. The summed E-state index contributed by atoms with van der Waals surface area (Å²) in [4.78, 5) is 11.7. The molecule has 2 aromatic rings. The second-order valence-electron chi connectivity index (χ2n) is 3.36. The maximum Gasteiger partial charge on any atom is 0.291 e. The Morgan fingerprint density at radius 1 is 1.39 bits per heavy atom. The number of amides is 1. The predicted molar refractivity (Wildman–Crippen MR) is 62.8 cm³/mol. The number of anilines is 1. The second kappa shape index (κ2) is 4.90. The molecule has 4 nitrogen and oxygen atoms in total. The summed E-state index contributed by atoms with van der Waals surface area (Å²) in [5.41, 5.74) is 0.234. The van der Waals surface area contributed by atoms with Gasteiger partial charge in [0.05, 0.1) is 11.3 Å². The molecular weight excluding hydrogens is 259 g/mol. The van der Waals surface area contributed by atoms with Crippen LogP contribution in [0, 0.1) is 17.1 Å². The van der Waals surface area contributed by atoms with E-state index in [1.165, 1.54) is 18.2 Å². The smallest absolute Gasteiger partial charge is 0.291 e. The van der Waals surface area contributed by atoms with Gasteiger partial charge in [0.2, 0.25) is 0 Å².